The van der Waals surface area contributed by atoms with E-state index in [1.54, 1.807) is 0 Å². The SMILES string of the molecule is C1=CC2=C(c3ccc(-c4ccccc4)cc3)N=C(c3cc4c5ccccc5c5ccccc5c4c4oc5ccccc5c34)[N-]C2C=C1. The van der Waals surface area contributed by atoms with Gasteiger partial charge in [-0.15, -0.1) is 0 Å². The van der Waals surface area contributed by atoms with Gasteiger partial charge in [0.05, 0.1) is 0 Å². The molecule has 3 nitrogen and oxygen atoms in total. The van der Waals surface area contributed by atoms with Crippen molar-refractivity contribution < 1.29 is 4.42 Å². The Labute approximate surface area is 271 Å². The molecule has 10 rings (SSSR count). The number of rotatable bonds is 3. The zero-order chi connectivity index (χ0) is 30.9. The molecule has 1 aliphatic heterocycles. The zero-order valence-corrected chi connectivity index (χ0v) is 25.4. The number of aliphatic imine (C=N–C) groups is 1. The highest BCUT2D eigenvalue weighted by atomic mass is 16.3. The van der Waals surface area contributed by atoms with E-state index in [0.29, 0.717) is 0 Å². The molecular formula is C44H27N2O-. The number of allylic oxidation sites excluding steroid dienone is 2. The lowest BCUT2D eigenvalue weighted by atomic mass is 9.89. The van der Waals surface area contributed by atoms with Crippen molar-refractivity contribution in [2.24, 2.45) is 4.99 Å². The number of nitrogens with zero attached hydrogens (tertiary/aromatic N) is 2. The van der Waals surface area contributed by atoms with Crippen molar-refractivity contribution in [3.63, 3.8) is 0 Å². The molecule has 1 unspecified atom stereocenters. The van der Waals surface area contributed by atoms with Gasteiger partial charge in [-0.05, 0) is 72.6 Å². The van der Waals surface area contributed by atoms with Crippen molar-refractivity contribution in [3.8, 4) is 11.1 Å². The van der Waals surface area contributed by atoms with Gasteiger partial charge >= 0.3 is 0 Å². The molecule has 0 saturated carbocycles. The molecule has 220 valence electrons. The second kappa shape index (κ2) is 10.2. The van der Waals surface area contributed by atoms with Crippen molar-refractivity contribution in [3.05, 3.63) is 180 Å². The number of fused-ring (bicyclic) bond motifs is 11. The minimum absolute atomic E-state index is 0.131. The Morgan fingerprint density at radius 1 is 0.532 bits per heavy atom. The maximum Gasteiger partial charge on any atom is 0.144 e. The molecule has 0 fully saturated rings. The monoisotopic (exact) mass is 599 g/mol. The highest BCUT2D eigenvalue weighted by Crippen LogP contribution is 2.45. The highest BCUT2D eigenvalue weighted by molar-refractivity contribution is 6.36. The largest absolute Gasteiger partial charge is 0.455 e. The van der Waals surface area contributed by atoms with E-state index >= 15 is 0 Å². The zero-order valence-electron chi connectivity index (χ0n) is 25.4. The maximum absolute atomic E-state index is 6.79. The Kier molecular flexibility index (Phi) is 5.64. The van der Waals surface area contributed by atoms with E-state index in [9.17, 15) is 0 Å². The Hall–Kier alpha value is -6.19. The number of amidine groups is 1. The minimum atomic E-state index is -0.131. The predicted octanol–water partition coefficient (Wildman–Crippen LogP) is 11.8. The van der Waals surface area contributed by atoms with Crippen LogP contribution in [0.2, 0.25) is 0 Å². The summed E-state index contributed by atoms with van der Waals surface area (Å²) < 4.78 is 6.79. The van der Waals surface area contributed by atoms with E-state index in [0.717, 1.165) is 60.9 Å². The Bertz CT molecular complexity index is 2690. The first-order valence-electron chi connectivity index (χ1n) is 16.0. The van der Waals surface area contributed by atoms with Gasteiger partial charge in [0, 0.05) is 22.2 Å². The average Bonchev–Trinajstić information content (AvgIpc) is 3.54. The molecule has 1 aliphatic carbocycles. The van der Waals surface area contributed by atoms with E-state index in [4.69, 9.17) is 14.7 Å². The minimum Gasteiger partial charge on any atom is -0.455 e. The molecule has 2 heterocycles. The van der Waals surface area contributed by atoms with Crippen LogP contribution in [0.25, 0.3) is 76.4 Å². The van der Waals surface area contributed by atoms with Gasteiger partial charge in [-0.3, -0.25) is 0 Å². The highest BCUT2D eigenvalue weighted by Gasteiger charge is 2.23. The molecule has 8 aromatic rings. The summed E-state index contributed by atoms with van der Waals surface area (Å²) in [7, 11) is 0. The lowest BCUT2D eigenvalue weighted by Crippen LogP contribution is -2.19. The number of hydrogen-bond acceptors (Lipinski definition) is 2. The summed E-state index contributed by atoms with van der Waals surface area (Å²) in [5, 5.41) is 14.5. The van der Waals surface area contributed by atoms with Crippen LogP contribution >= 0.6 is 0 Å². The number of furan rings is 1. The van der Waals surface area contributed by atoms with Crippen molar-refractivity contribution in [1.82, 2.24) is 0 Å². The predicted molar refractivity (Wildman–Crippen MR) is 197 cm³/mol. The first-order chi connectivity index (χ1) is 23.3. The fourth-order valence-electron chi connectivity index (χ4n) is 7.45. The fourth-order valence-corrected chi connectivity index (χ4v) is 7.45. The van der Waals surface area contributed by atoms with Crippen LogP contribution in [0.1, 0.15) is 11.1 Å². The molecule has 1 atom stereocenters. The molecule has 0 amide bonds. The molecule has 2 aliphatic rings. The lowest BCUT2D eigenvalue weighted by Gasteiger charge is -2.37. The number of hydrogen-bond donors (Lipinski definition) is 0. The molecule has 47 heavy (non-hydrogen) atoms. The number of para-hydroxylation sites is 1. The maximum atomic E-state index is 6.79. The van der Waals surface area contributed by atoms with Gasteiger partial charge in [-0.1, -0.05) is 151 Å². The van der Waals surface area contributed by atoms with Crippen LogP contribution in [-0.2, 0) is 0 Å². The second-order valence-electron chi connectivity index (χ2n) is 12.2. The van der Waals surface area contributed by atoms with Gasteiger partial charge in [0.2, 0.25) is 0 Å². The lowest BCUT2D eigenvalue weighted by molar-refractivity contribution is 0.673. The molecule has 7 aromatic carbocycles. The quantitative estimate of drug-likeness (QED) is 0.186. The van der Waals surface area contributed by atoms with Crippen LogP contribution in [-0.4, -0.2) is 11.9 Å². The first kappa shape index (κ1) is 26.1. The summed E-state index contributed by atoms with van der Waals surface area (Å²) in [6.07, 6.45) is 8.48. The molecule has 0 bridgehead atoms. The normalized spacial score (nSPS) is 15.9. The molecule has 1 aromatic heterocycles. The molecule has 0 radical (unpaired) electrons. The third kappa shape index (κ3) is 3.96. The molecule has 3 heteroatoms. The summed E-state index contributed by atoms with van der Waals surface area (Å²) in [6, 6.07) is 47.0. The van der Waals surface area contributed by atoms with Gasteiger partial charge in [0.15, 0.2) is 0 Å². The van der Waals surface area contributed by atoms with Crippen molar-refractivity contribution in [2.45, 2.75) is 6.04 Å². The Morgan fingerprint density at radius 3 is 1.94 bits per heavy atom. The third-order valence-corrected chi connectivity index (χ3v) is 9.61. The molecular weight excluding hydrogens is 572 g/mol. The third-order valence-electron chi connectivity index (χ3n) is 9.61. The number of benzene rings is 7. The summed E-state index contributed by atoms with van der Waals surface area (Å²) in [5.74, 6) is 0.719. The van der Waals surface area contributed by atoms with Crippen LogP contribution in [0.3, 0.4) is 0 Å². The van der Waals surface area contributed by atoms with Crippen LogP contribution in [0.15, 0.2) is 173 Å². The van der Waals surface area contributed by atoms with E-state index in [-0.39, 0.29) is 6.04 Å². The van der Waals surface area contributed by atoms with Crippen molar-refractivity contribution in [2.75, 3.05) is 0 Å². The van der Waals surface area contributed by atoms with Crippen molar-refractivity contribution >= 4 is 65.8 Å². The van der Waals surface area contributed by atoms with Crippen LogP contribution in [0.5, 0.6) is 0 Å². The molecule has 0 saturated heterocycles. The average molecular weight is 600 g/mol. The van der Waals surface area contributed by atoms with Crippen LogP contribution in [0, 0.1) is 0 Å². The van der Waals surface area contributed by atoms with Gasteiger partial charge < -0.3 is 14.7 Å². The Morgan fingerprint density at radius 2 is 1.15 bits per heavy atom. The molecule has 0 N–H and O–H groups in total. The van der Waals surface area contributed by atoms with E-state index in [1.165, 1.54) is 32.7 Å². The fraction of sp³-hybridized carbons (Fsp3) is 0.0227. The van der Waals surface area contributed by atoms with Crippen molar-refractivity contribution in [1.29, 1.82) is 0 Å². The Balaban J connectivity index is 1.27. The topological polar surface area (TPSA) is 39.6 Å². The van der Waals surface area contributed by atoms with Gasteiger partial charge in [0.1, 0.15) is 11.2 Å². The van der Waals surface area contributed by atoms with Gasteiger partial charge in [-0.25, -0.2) is 0 Å². The summed E-state index contributed by atoms with van der Waals surface area (Å²) in [5.41, 5.74) is 8.22. The van der Waals surface area contributed by atoms with Crippen LogP contribution in [0.4, 0.5) is 0 Å². The van der Waals surface area contributed by atoms with Gasteiger partial charge in [-0.2, -0.15) is 0 Å². The van der Waals surface area contributed by atoms with Crippen LogP contribution < -0.4 is 0 Å². The first-order valence-corrected chi connectivity index (χ1v) is 16.0. The molecule has 0 spiro atoms. The second-order valence-corrected chi connectivity index (χ2v) is 12.2. The van der Waals surface area contributed by atoms with E-state index in [2.05, 4.69) is 146 Å². The van der Waals surface area contributed by atoms with E-state index < -0.39 is 0 Å². The summed E-state index contributed by atoms with van der Waals surface area (Å²) >= 11 is 0. The smallest absolute Gasteiger partial charge is 0.144 e. The summed E-state index contributed by atoms with van der Waals surface area (Å²) in [6.45, 7) is 0. The standard InChI is InChI=1S/C44H27N2O/c1-2-12-27(13-3-1)28-22-24-29(25-23-28)42-34-18-8-10-20-38(34)45-44(46-42)37-26-36-32-16-5-4-14-30(32)31-15-6-7-17-33(31)40(36)43-41(37)35-19-9-11-21-39(35)47-43/h1-26,38H/q-1. The van der Waals surface area contributed by atoms with E-state index in [1.807, 2.05) is 12.1 Å². The van der Waals surface area contributed by atoms with Gasteiger partial charge in [0.25, 0.3) is 0 Å². The summed E-state index contributed by atoms with van der Waals surface area (Å²) in [4.78, 5) is 5.40.